The third kappa shape index (κ3) is 4.59. The molecule has 1 saturated carbocycles. The maximum absolute atomic E-state index is 13.0. The minimum atomic E-state index is -0.228. The van der Waals surface area contributed by atoms with Crippen LogP contribution >= 0.6 is 0 Å². The van der Waals surface area contributed by atoms with Crippen LogP contribution in [0.15, 0.2) is 30.3 Å². The summed E-state index contributed by atoms with van der Waals surface area (Å²) in [6, 6.07) is 8.40. The maximum Gasteiger partial charge on any atom is 0.322 e. The first kappa shape index (κ1) is 20.4. The summed E-state index contributed by atoms with van der Waals surface area (Å²) in [6.45, 7) is 0.400. The van der Waals surface area contributed by atoms with Crippen molar-refractivity contribution in [1.82, 2.24) is 4.90 Å². The lowest BCUT2D eigenvalue weighted by Gasteiger charge is -2.24. The summed E-state index contributed by atoms with van der Waals surface area (Å²) in [7, 11) is 6.07. The van der Waals surface area contributed by atoms with Gasteiger partial charge >= 0.3 is 6.03 Å². The van der Waals surface area contributed by atoms with Crippen LogP contribution in [0.1, 0.15) is 18.4 Å². The molecule has 0 radical (unpaired) electrons. The van der Waals surface area contributed by atoms with Gasteiger partial charge in [-0.2, -0.15) is 0 Å². The number of hydrogen-bond donors (Lipinski definition) is 2. The minimum absolute atomic E-state index is 0.0658. The molecule has 8 heteroatoms. The molecule has 0 bridgehead atoms. The molecule has 2 N–H and O–H groups in total. The molecule has 2 aromatic carbocycles. The van der Waals surface area contributed by atoms with Gasteiger partial charge in [0.25, 0.3) is 0 Å². The number of phenolic OH excluding ortho intramolecular Hbond substituents is 1. The number of nitrogens with zero attached hydrogens (tertiary/aromatic N) is 1. The van der Waals surface area contributed by atoms with Gasteiger partial charge in [0.15, 0.2) is 23.0 Å². The second-order valence-corrected chi connectivity index (χ2v) is 6.71. The molecule has 156 valence electrons. The van der Waals surface area contributed by atoms with E-state index in [4.69, 9.17) is 18.9 Å². The number of amides is 2. The summed E-state index contributed by atoms with van der Waals surface area (Å²) in [5.74, 6) is 1.83. The van der Waals surface area contributed by atoms with Gasteiger partial charge in [0.2, 0.25) is 5.75 Å². The highest BCUT2D eigenvalue weighted by Crippen LogP contribution is 2.40. The molecule has 3 rings (SSSR count). The molecule has 1 aliphatic carbocycles. The number of nitrogens with one attached hydrogen (secondary N) is 1. The van der Waals surface area contributed by atoms with Crippen molar-refractivity contribution >= 4 is 11.7 Å². The Morgan fingerprint density at radius 1 is 1.00 bits per heavy atom. The van der Waals surface area contributed by atoms with Gasteiger partial charge in [-0.1, -0.05) is 6.07 Å². The fourth-order valence-corrected chi connectivity index (χ4v) is 3.12. The van der Waals surface area contributed by atoms with Gasteiger partial charge in [0, 0.05) is 24.7 Å². The molecule has 2 aromatic rings. The third-order valence-electron chi connectivity index (χ3n) is 4.76. The molecule has 1 fully saturated rings. The van der Waals surface area contributed by atoms with Crippen molar-refractivity contribution in [3.05, 3.63) is 35.9 Å². The van der Waals surface area contributed by atoms with E-state index < -0.39 is 0 Å². The highest BCUT2D eigenvalue weighted by molar-refractivity contribution is 5.90. The Bertz CT molecular complexity index is 856. The second-order valence-electron chi connectivity index (χ2n) is 6.71. The summed E-state index contributed by atoms with van der Waals surface area (Å²) in [5.41, 5.74) is 1.41. The van der Waals surface area contributed by atoms with Crippen molar-refractivity contribution in [2.75, 3.05) is 33.8 Å². The topological polar surface area (TPSA) is 89.5 Å². The van der Waals surface area contributed by atoms with Crippen LogP contribution in [0.4, 0.5) is 10.5 Å². The molecule has 0 heterocycles. The van der Waals surface area contributed by atoms with Crippen LogP contribution in [0.3, 0.4) is 0 Å². The summed E-state index contributed by atoms with van der Waals surface area (Å²) in [5, 5.41) is 12.7. The van der Waals surface area contributed by atoms with Crippen LogP contribution in [-0.2, 0) is 6.54 Å². The van der Waals surface area contributed by atoms with Gasteiger partial charge in [-0.05, 0) is 30.5 Å². The predicted octanol–water partition coefficient (Wildman–Crippen LogP) is 3.62. The summed E-state index contributed by atoms with van der Waals surface area (Å²) < 4.78 is 21.2. The normalized spacial score (nSPS) is 12.8. The first-order valence-corrected chi connectivity index (χ1v) is 9.24. The van der Waals surface area contributed by atoms with E-state index >= 15 is 0 Å². The molecular weight excluding hydrogens is 376 g/mol. The maximum atomic E-state index is 13.0. The number of methoxy groups -OCH3 is 4. The van der Waals surface area contributed by atoms with Crippen LogP contribution in [0.25, 0.3) is 0 Å². The van der Waals surface area contributed by atoms with Crippen molar-refractivity contribution in [2.24, 2.45) is 0 Å². The molecule has 0 aliphatic heterocycles. The van der Waals surface area contributed by atoms with E-state index in [1.165, 1.54) is 28.4 Å². The molecule has 0 saturated heterocycles. The number of phenols is 1. The molecule has 29 heavy (non-hydrogen) atoms. The lowest BCUT2D eigenvalue weighted by Crippen LogP contribution is -2.36. The summed E-state index contributed by atoms with van der Waals surface area (Å²) in [4.78, 5) is 14.8. The first-order chi connectivity index (χ1) is 14.0. The van der Waals surface area contributed by atoms with Crippen LogP contribution in [0.5, 0.6) is 28.7 Å². The van der Waals surface area contributed by atoms with Crippen molar-refractivity contribution in [1.29, 1.82) is 0 Å². The average molecular weight is 402 g/mol. The number of carbonyl (C=O) groups is 1. The molecule has 0 spiro atoms. The number of anilines is 1. The molecule has 8 nitrogen and oxygen atoms in total. The minimum Gasteiger partial charge on any atom is -0.504 e. The van der Waals surface area contributed by atoms with Crippen molar-refractivity contribution in [2.45, 2.75) is 25.4 Å². The lowest BCUT2D eigenvalue weighted by atomic mass is 10.2. The van der Waals surface area contributed by atoms with E-state index in [0.717, 1.165) is 18.4 Å². The number of urea groups is 1. The fourth-order valence-electron chi connectivity index (χ4n) is 3.12. The largest absolute Gasteiger partial charge is 0.504 e. The summed E-state index contributed by atoms with van der Waals surface area (Å²) in [6.07, 6.45) is 1.91. The molecule has 0 unspecified atom stereocenters. The van der Waals surface area contributed by atoms with Crippen LogP contribution in [0.2, 0.25) is 0 Å². The Kier molecular flexibility index (Phi) is 6.21. The van der Waals surface area contributed by atoms with E-state index in [9.17, 15) is 9.90 Å². The highest BCUT2D eigenvalue weighted by atomic mass is 16.5. The predicted molar refractivity (Wildman–Crippen MR) is 108 cm³/mol. The third-order valence-corrected chi connectivity index (χ3v) is 4.76. The van der Waals surface area contributed by atoms with Gasteiger partial charge in [-0.15, -0.1) is 0 Å². The zero-order valence-corrected chi connectivity index (χ0v) is 17.0. The Morgan fingerprint density at radius 3 is 2.14 bits per heavy atom. The number of rotatable bonds is 8. The number of benzene rings is 2. The molecule has 0 aromatic heterocycles. The van der Waals surface area contributed by atoms with Gasteiger partial charge in [0.1, 0.15) is 0 Å². The van der Waals surface area contributed by atoms with E-state index in [1.54, 1.807) is 35.2 Å². The lowest BCUT2D eigenvalue weighted by molar-refractivity contribution is 0.206. The zero-order valence-electron chi connectivity index (χ0n) is 17.0. The van der Waals surface area contributed by atoms with E-state index in [-0.39, 0.29) is 17.8 Å². The quantitative estimate of drug-likeness (QED) is 0.701. The second kappa shape index (κ2) is 8.81. The van der Waals surface area contributed by atoms with Crippen LogP contribution < -0.4 is 24.3 Å². The number of hydrogen-bond acceptors (Lipinski definition) is 6. The van der Waals surface area contributed by atoms with Crippen molar-refractivity contribution in [3.8, 4) is 28.7 Å². The van der Waals surface area contributed by atoms with Crippen LogP contribution in [0, 0.1) is 0 Å². The van der Waals surface area contributed by atoms with Gasteiger partial charge in [-0.3, -0.25) is 0 Å². The van der Waals surface area contributed by atoms with Gasteiger partial charge in [0.05, 0.1) is 34.1 Å². The Balaban J connectivity index is 1.80. The number of carbonyl (C=O) groups excluding carboxylic acids is 1. The highest BCUT2D eigenvalue weighted by Gasteiger charge is 2.33. The Morgan fingerprint density at radius 2 is 1.62 bits per heavy atom. The van der Waals surface area contributed by atoms with Gasteiger partial charge < -0.3 is 34.3 Å². The monoisotopic (exact) mass is 402 g/mol. The van der Waals surface area contributed by atoms with Crippen molar-refractivity contribution < 1.29 is 28.8 Å². The molecule has 2 amide bonds. The van der Waals surface area contributed by atoms with Crippen molar-refractivity contribution in [3.63, 3.8) is 0 Å². The first-order valence-electron chi connectivity index (χ1n) is 9.24. The standard InChI is InChI=1S/C21H26N2O6/c1-26-17-9-13(5-8-16(17)24)12-23(15-6-7-15)21(25)22-14-10-18(27-2)20(29-4)19(11-14)28-3/h5,8-11,15,24H,6-7,12H2,1-4H3,(H,22,25). The average Bonchev–Trinajstić information content (AvgIpc) is 3.57. The van der Waals surface area contributed by atoms with E-state index in [2.05, 4.69) is 5.32 Å². The van der Waals surface area contributed by atoms with E-state index in [1.807, 2.05) is 0 Å². The Labute approximate surface area is 169 Å². The van der Waals surface area contributed by atoms with Crippen LogP contribution in [-0.4, -0.2) is 50.5 Å². The van der Waals surface area contributed by atoms with Gasteiger partial charge in [-0.25, -0.2) is 4.79 Å². The molecule has 0 atom stereocenters. The fraction of sp³-hybridized carbons (Fsp3) is 0.381. The summed E-state index contributed by atoms with van der Waals surface area (Å²) >= 11 is 0. The SMILES string of the molecule is COc1cc(CN(C(=O)Nc2cc(OC)c(OC)c(OC)c2)C2CC2)ccc1O. The zero-order chi connectivity index (χ0) is 21.0. The number of ether oxygens (including phenoxy) is 4. The molecule has 1 aliphatic rings. The van der Waals surface area contributed by atoms with E-state index in [0.29, 0.717) is 35.2 Å². The smallest absolute Gasteiger partial charge is 0.322 e. The number of aromatic hydroxyl groups is 1. The molecular formula is C21H26N2O6. The Hall–Kier alpha value is -3.29.